The maximum Gasteiger partial charge on any atom is 0.323 e. The number of carbonyl (C=O) groups is 1. The maximum atomic E-state index is 12.0. The molecule has 5 nitrogen and oxygen atoms in total. The van der Waals surface area contributed by atoms with Crippen LogP contribution in [0.15, 0.2) is 59.5 Å². The number of nitrogens with zero attached hydrogens (tertiary/aromatic N) is 2. The number of nitrogens with one attached hydrogen (secondary N) is 2. The number of carbonyl (C=O) groups excluding carboxylic acids is 1. The SMILES string of the molecule is O=C(Nc1cccnc1)Nc1cnc2ccccc2c1Br. The van der Waals surface area contributed by atoms with Gasteiger partial charge in [-0.25, -0.2) is 4.79 Å². The Morgan fingerprint density at radius 1 is 1.05 bits per heavy atom. The largest absolute Gasteiger partial charge is 0.323 e. The number of urea groups is 1. The van der Waals surface area contributed by atoms with E-state index in [-0.39, 0.29) is 6.03 Å². The zero-order chi connectivity index (χ0) is 14.7. The molecule has 0 aliphatic heterocycles. The molecular weight excluding hydrogens is 332 g/mol. The van der Waals surface area contributed by atoms with Crippen molar-refractivity contribution in [3.8, 4) is 0 Å². The van der Waals surface area contributed by atoms with Crippen molar-refractivity contribution in [1.29, 1.82) is 0 Å². The summed E-state index contributed by atoms with van der Waals surface area (Å²) in [6.07, 6.45) is 4.84. The summed E-state index contributed by atoms with van der Waals surface area (Å²) in [6.45, 7) is 0. The standard InChI is InChI=1S/C15H11BrN4O/c16-14-11-5-1-2-6-12(11)18-9-13(14)20-15(21)19-10-4-3-7-17-8-10/h1-9H,(H2,19,20,21). The van der Waals surface area contributed by atoms with E-state index in [1.165, 1.54) is 0 Å². The number of benzene rings is 1. The quantitative estimate of drug-likeness (QED) is 0.738. The Hall–Kier alpha value is -2.47. The molecule has 0 unspecified atom stereocenters. The molecule has 2 N–H and O–H groups in total. The van der Waals surface area contributed by atoms with Gasteiger partial charge < -0.3 is 10.6 Å². The lowest BCUT2D eigenvalue weighted by molar-refractivity contribution is 0.262. The van der Waals surface area contributed by atoms with Crippen molar-refractivity contribution >= 4 is 44.2 Å². The normalized spacial score (nSPS) is 10.3. The highest BCUT2D eigenvalue weighted by molar-refractivity contribution is 9.10. The van der Waals surface area contributed by atoms with Crippen LogP contribution in [-0.4, -0.2) is 16.0 Å². The number of hydrogen-bond acceptors (Lipinski definition) is 3. The minimum absolute atomic E-state index is 0.346. The summed E-state index contributed by atoms with van der Waals surface area (Å²) in [5.41, 5.74) is 2.09. The molecule has 0 aliphatic carbocycles. The van der Waals surface area contributed by atoms with Crippen LogP contribution in [0.5, 0.6) is 0 Å². The summed E-state index contributed by atoms with van der Waals surface area (Å²) in [7, 11) is 0. The Bertz CT molecular complexity index is 792. The molecule has 0 radical (unpaired) electrons. The van der Waals surface area contributed by atoms with E-state index >= 15 is 0 Å². The molecule has 3 rings (SSSR count). The molecule has 21 heavy (non-hydrogen) atoms. The Balaban J connectivity index is 1.82. The number of anilines is 2. The Morgan fingerprint density at radius 3 is 2.71 bits per heavy atom. The molecule has 2 aromatic heterocycles. The monoisotopic (exact) mass is 342 g/mol. The van der Waals surface area contributed by atoms with Crippen molar-refractivity contribution in [3.05, 3.63) is 59.5 Å². The maximum absolute atomic E-state index is 12.0. The first-order chi connectivity index (χ1) is 10.2. The average molecular weight is 343 g/mol. The van der Waals surface area contributed by atoms with Crippen molar-refractivity contribution in [3.63, 3.8) is 0 Å². The van der Waals surface area contributed by atoms with Crippen LogP contribution in [-0.2, 0) is 0 Å². The van der Waals surface area contributed by atoms with Crippen LogP contribution in [0.1, 0.15) is 0 Å². The highest BCUT2D eigenvalue weighted by Crippen LogP contribution is 2.29. The van der Waals surface area contributed by atoms with Gasteiger partial charge in [0.05, 0.1) is 33.8 Å². The van der Waals surface area contributed by atoms with Gasteiger partial charge in [0.2, 0.25) is 0 Å². The molecule has 104 valence electrons. The molecule has 0 saturated heterocycles. The fourth-order valence-corrected chi connectivity index (χ4v) is 2.45. The smallest absolute Gasteiger partial charge is 0.306 e. The molecule has 0 saturated carbocycles. The highest BCUT2D eigenvalue weighted by Gasteiger charge is 2.09. The number of aromatic nitrogens is 2. The van der Waals surface area contributed by atoms with E-state index in [9.17, 15) is 4.79 Å². The molecule has 0 aliphatic rings. The van der Waals surface area contributed by atoms with Gasteiger partial charge in [-0.15, -0.1) is 0 Å². The molecule has 6 heteroatoms. The van der Waals surface area contributed by atoms with Crippen molar-refractivity contribution in [2.45, 2.75) is 0 Å². The van der Waals surface area contributed by atoms with E-state index in [0.29, 0.717) is 11.4 Å². The second kappa shape index (κ2) is 5.88. The number of halogens is 1. The van der Waals surface area contributed by atoms with E-state index in [1.807, 2.05) is 24.3 Å². The van der Waals surface area contributed by atoms with E-state index in [1.54, 1.807) is 30.7 Å². The van der Waals surface area contributed by atoms with Gasteiger partial charge in [0.15, 0.2) is 0 Å². The lowest BCUT2D eigenvalue weighted by Gasteiger charge is -2.10. The average Bonchev–Trinajstić information content (AvgIpc) is 2.51. The first-order valence-electron chi connectivity index (χ1n) is 6.25. The summed E-state index contributed by atoms with van der Waals surface area (Å²) < 4.78 is 0.800. The summed E-state index contributed by atoms with van der Waals surface area (Å²) in [5, 5.41) is 6.41. The van der Waals surface area contributed by atoms with Crippen LogP contribution in [0.25, 0.3) is 10.9 Å². The summed E-state index contributed by atoms with van der Waals surface area (Å²) >= 11 is 3.50. The summed E-state index contributed by atoms with van der Waals surface area (Å²) in [5.74, 6) is 0. The zero-order valence-electron chi connectivity index (χ0n) is 10.9. The van der Waals surface area contributed by atoms with Crippen LogP contribution < -0.4 is 10.6 Å². The summed E-state index contributed by atoms with van der Waals surface area (Å²) in [6, 6.07) is 10.9. The zero-order valence-corrected chi connectivity index (χ0v) is 12.5. The number of para-hydroxylation sites is 1. The van der Waals surface area contributed by atoms with Gasteiger partial charge in [-0.05, 0) is 34.1 Å². The molecule has 2 heterocycles. The summed E-state index contributed by atoms with van der Waals surface area (Å²) in [4.78, 5) is 20.2. The van der Waals surface area contributed by atoms with Crippen LogP contribution >= 0.6 is 15.9 Å². The number of fused-ring (bicyclic) bond motifs is 1. The lowest BCUT2D eigenvalue weighted by Crippen LogP contribution is -2.19. The van der Waals surface area contributed by atoms with Crippen molar-refractivity contribution in [1.82, 2.24) is 9.97 Å². The van der Waals surface area contributed by atoms with Crippen LogP contribution in [0.3, 0.4) is 0 Å². The van der Waals surface area contributed by atoms with Crippen LogP contribution in [0, 0.1) is 0 Å². The fourth-order valence-electron chi connectivity index (χ4n) is 1.92. The number of amides is 2. The number of hydrogen-bond donors (Lipinski definition) is 2. The van der Waals surface area contributed by atoms with Gasteiger partial charge in [-0.1, -0.05) is 18.2 Å². The van der Waals surface area contributed by atoms with Crippen molar-refractivity contribution in [2.24, 2.45) is 0 Å². The molecule has 0 atom stereocenters. The Labute approximate surface area is 129 Å². The third kappa shape index (κ3) is 3.00. The van der Waals surface area contributed by atoms with Gasteiger partial charge in [0.25, 0.3) is 0 Å². The van der Waals surface area contributed by atoms with Crippen LogP contribution in [0.4, 0.5) is 16.2 Å². The van der Waals surface area contributed by atoms with Crippen molar-refractivity contribution in [2.75, 3.05) is 10.6 Å². The van der Waals surface area contributed by atoms with E-state index in [2.05, 4.69) is 36.5 Å². The highest BCUT2D eigenvalue weighted by atomic mass is 79.9. The van der Waals surface area contributed by atoms with Gasteiger partial charge in [-0.3, -0.25) is 9.97 Å². The number of rotatable bonds is 2. The predicted molar refractivity (Wildman–Crippen MR) is 86.3 cm³/mol. The fraction of sp³-hybridized carbons (Fsp3) is 0. The topological polar surface area (TPSA) is 66.9 Å². The molecule has 0 spiro atoms. The molecule has 1 aromatic carbocycles. The Morgan fingerprint density at radius 2 is 1.90 bits per heavy atom. The minimum atomic E-state index is -0.346. The van der Waals surface area contributed by atoms with Crippen molar-refractivity contribution < 1.29 is 4.79 Å². The molecule has 2 amide bonds. The molecule has 0 fully saturated rings. The van der Waals surface area contributed by atoms with Gasteiger partial charge >= 0.3 is 6.03 Å². The Kier molecular flexibility index (Phi) is 3.79. The third-order valence-electron chi connectivity index (χ3n) is 2.88. The molecule has 3 aromatic rings. The molecule has 0 bridgehead atoms. The third-order valence-corrected chi connectivity index (χ3v) is 3.73. The minimum Gasteiger partial charge on any atom is -0.306 e. The lowest BCUT2D eigenvalue weighted by atomic mass is 10.2. The van der Waals surface area contributed by atoms with Gasteiger partial charge in [-0.2, -0.15) is 0 Å². The van der Waals surface area contributed by atoms with Gasteiger partial charge in [0, 0.05) is 11.6 Å². The van der Waals surface area contributed by atoms with Gasteiger partial charge in [0.1, 0.15) is 0 Å². The first kappa shape index (κ1) is 13.5. The second-order valence-corrected chi connectivity index (χ2v) is 5.12. The second-order valence-electron chi connectivity index (χ2n) is 4.32. The molecular formula is C15H11BrN4O. The van der Waals surface area contributed by atoms with E-state index in [0.717, 1.165) is 15.4 Å². The first-order valence-corrected chi connectivity index (χ1v) is 7.04. The number of pyridine rings is 2. The van der Waals surface area contributed by atoms with Crippen LogP contribution in [0.2, 0.25) is 0 Å². The predicted octanol–water partition coefficient (Wildman–Crippen LogP) is 4.04. The van der Waals surface area contributed by atoms with E-state index in [4.69, 9.17) is 0 Å². The van der Waals surface area contributed by atoms with E-state index < -0.39 is 0 Å².